The van der Waals surface area contributed by atoms with Crippen LogP contribution in [0.15, 0.2) is 48.5 Å². The maximum atomic E-state index is 12.3. The molecule has 1 heterocycles. The topological polar surface area (TPSA) is 90.7 Å². The molecular weight excluding hydrogens is 332 g/mol. The summed E-state index contributed by atoms with van der Waals surface area (Å²) in [7, 11) is 0. The molecular formula is C20H22N2O4. The Morgan fingerprint density at radius 1 is 1.15 bits per heavy atom. The van der Waals surface area contributed by atoms with Gasteiger partial charge >= 0.3 is 0 Å². The number of ether oxygens (including phenoxy) is 2. The molecule has 0 radical (unpaired) electrons. The van der Waals surface area contributed by atoms with Gasteiger partial charge in [-0.3, -0.25) is 9.59 Å². The average molecular weight is 354 g/mol. The van der Waals surface area contributed by atoms with Gasteiger partial charge in [0.2, 0.25) is 5.91 Å². The van der Waals surface area contributed by atoms with Gasteiger partial charge in [0.1, 0.15) is 12.4 Å². The maximum Gasteiger partial charge on any atom is 0.251 e. The molecule has 0 saturated carbocycles. The van der Waals surface area contributed by atoms with E-state index in [2.05, 4.69) is 5.32 Å². The number of carbonyl (C=O) groups is 2. The van der Waals surface area contributed by atoms with Gasteiger partial charge in [0.15, 0.2) is 0 Å². The van der Waals surface area contributed by atoms with Crippen LogP contribution in [0, 0.1) is 0 Å². The van der Waals surface area contributed by atoms with E-state index in [4.69, 9.17) is 15.2 Å². The molecule has 1 atom stereocenters. The molecule has 3 N–H and O–H groups in total. The zero-order chi connectivity index (χ0) is 18.4. The SMILES string of the molecule is NC(=O)c1cccc(CNC(=O)c2ccc(OCC3CCCO3)cc2)c1. The lowest BCUT2D eigenvalue weighted by Crippen LogP contribution is -2.23. The second kappa shape index (κ2) is 8.49. The number of carbonyl (C=O) groups excluding carboxylic acids is 2. The summed E-state index contributed by atoms with van der Waals surface area (Å²) in [5.41, 5.74) is 7.04. The number of primary amides is 1. The Balaban J connectivity index is 1.51. The number of nitrogens with two attached hydrogens (primary N) is 1. The highest BCUT2D eigenvalue weighted by Crippen LogP contribution is 2.16. The first-order chi connectivity index (χ1) is 12.6. The van der Waals surface area contributed by atoms with Crippen molar-refractivity contribution in [1.29, 1.82) is 0 Å². The smallest absolute Gasteiger partial charge is 0.251 e. The summed E-state index contributed by atoms with van der Waals surface area (Å²) in [4.78, 5) is 23.4. The molecule has 1 saturated heterocycles. The van der Waals surface area contributed by atoms with E-state index in [1.54, 1.807) is 42.5 Å². The minimum atomic E-state index is -0.489. The molecule has 1 aliphatic rings. The minimum absolute atomic E-state index is 0.161. The molecule has 0 bridgehead atoms. The van der Waals surface area contributed by atoms with Gasteiger partial charge in [-0.2, -0.15) is 0 Å². The summed E-state index contributed by atoms with van der Waals surface area (Å²) in [6.45, 7) is 1.65. The number of rotatable bonds is 7. The summed E-state index contributed by atoms with van der Waals surface area (Å²) >= 11 is 0. The van der Waals surface area contributed by atoms with Gasteiger partial charge in [0.25, 0.3) is 5.91 Å². The van der Waals surface area contributed by atoms with Gasteiger partial charge < -0.3 is 20.5 Å². The van der Waals surface area contributed by atoms with Crippen molar-refractivity contribution in [2.75, 3.05) is 13.2 Å². The van der Waals surface area contributed by atoms with Crippen molar-refractivity contribution in [3.05, 3.63) is 65.2 Å². The molecule has 6 nitrogen and oxygen atoms in total. The van der Waals surface area contributed by atoms with Crippen molar-refractivity contribution >= 4 is 11.8 Å². The molecule has 136 valence electrons. The molecule has 2 aromatic carbocycles. The Morgan fingerprint density at radius 3 is 2.65 bits per heavy atom. The standard InChI is InChI=1S/C20H22N2O4/c21-19(23)16-4-1-3-14(11-16)12-22-20(24)15-6-8-17(9-7-15)26-13-18-5-2-10-25-18/h1,3-4,6-9,11,18H,2,5,10,12-13H2,(H2,21,23)(H,22,24). The number of benzene rings is 2. The van der Waals surface area contributed by atoms with E-state index in [0.717, 1.165) is 25.0 Å². The predicted molar refractivity (Wildman–Crippen MR) is 97.0 cm³/mol. The quantitative estimate of drug-likeness (QED) is 0.798. The predicted octanol–water partition coefficient (Wildman–Crippen LogP) is 2.27. The van der Waals surface area contributed by atoms with Crippen molar-refractivity contribution in [2.45, 2.75) is 25.5 Å². The summed E-state index contributed by atoms with van der Waals surface area (Å²) < 4.78 is 11.2. The highest BCUT2D eigenvalue weighted by atomic mass is 16.5. The zero-order valence-corrected chi connectivity index (χ0v) is 14.4. The monoisotopic (exact) mass is 354 g/mol. The molecule has 0 aliphatic carbocycles. The van der Waals surface area contributed by atoms with Crippen molar-refractivity contribution in [3.8, 4) is 5.75 Å². The number of hydrogen-bond acceptors (Lipinski definition) is 4. The van der Waals surface area contributed by atoms with Crippen LogP contribution in [0.2, 0.25) is 0 Å². The first-order valence-electron chi connectivity index (χ1n) is 8.63. The van der Waals surface area contributed by atoms with Crippen LogP contribution >= 0.6 is 0 Å². The molecule has 0 aromatic heterocycles. The second-order valence-corrected chi connectivity index (χ2v) is 6.22. The van der Waals surface area contributed by atoms with Crippen molar-refractivity contribution in [3.63, 3.8) is 0 Å². The third-order valence-corrected chi connectivity index (χ3v) is 4.24. The molecule has 1 unspecified atom stereocenters. The maximum absolute atomic E-state index is 12.3. The summed E-state index contributed by atoms with van der Waals surface area (Å²) in [5, 5.41) is 2.83. The van der Waals surface area contributed by atoms with Crippen molar-refractivity contribution in [1.82, 2.24) is 5.32 Å². The Bertz CT molecular complexity index is 768. The van der Waals surface area contributed by atoms with Gasteiger partial charge in [0.05, 0.1) is 6.10 Å². The zero-order valence-electron chi connectivity index (χ0n) is 14.4. The third kappa shape index (κ3) is 4.83. The fourth-order valence-corrected chi connectivity index (χ4v) is 2.79. The number of nitrogens with one attached hydrogen (secondary N) is 1. The Hall–Kier alpha value is -2.86. The highest BCUT2D eigenvalue weighted by molar-refractivity contribution is 5.94. The van der Waals surface area contributed by atoms with E-state index >= 15 is 0 Å². The fraction of sp³-hybridized carbons (Fsp3) is 0.300. The highest BCUT2D eigenvalue weighted by Gasteiger charge is 2.16. The average Bonchev–Trinajstić information content (AvgIpc) is 3.19. The van der Waals surface area contributed by atoms with Gasteiger partial charge in [-0.1, -0.05) is 12.1 Å². The minimum Gasteiger partial charge on any atom is -0.491 e. The first-order valence-corrected chi connectivity index (χ1v) is 8.63. The fourth-order valence-electron chi connectivity index (χ4n) is 2.79. The molecule has 1 fully saturated rings. The normalized spacial score (nSPS) is 16.2. The van der Waals surface area contributed by atoms with Gasteiger partial charge in [-0.25, -0.2) is 0 Å². The van der Waals surface area contributed by atoms with Gasteiger partial charge in [-0.15, -0.1) is 0 Å². The second-order valence-electron chi connectivity index (χ2n) is 6.22. The Kier molecular flexibility index (Phi) is 5.86. The largest absolute Gasteiger partial charge is 0.491 e. The summed E-state index contributed by atoms with van der Waals surface area (Å²) in [5.74, 6) is 0.0307. The van der Waals surface area contributed by atoms with E-state index in [0.29, 0.717) is 30.0 Å². The van der Waals surface area contributed by atoms with Crippen LogP contribution in [0.1, 0.15) is 39.1 Å². The van der Waals surface area contributed by atoms with Crippen LogP contribution in [0.4, 0.5) is 0 Å². The molecule has 1 aliphatic heterocycles. The van der Waals surface area contributed by atoms with Crippen molar-refractivity contribution < 1.29 is 19.1 Å². The van der Waals surface area contributed by atoms with Crippen LogP contribution in [0.5, 0.6) is 5.75 Å². The molecule has 6 heteroatoms. The van der Waals surface area contributed by atoms with E-state index in [9.17, 15) is 9.59 Å². The van der Waals surface area contributed by atoms with Gasteiger partial charge in [0, 0.05) is 24.3 Å². The third-order valence-electron chi connectivity index (χ3n) is 4.24. The van der Waals surface area contributed by atoms with Crippen LogP contribution in [-0.2, 0) is 11.3 Å². The van der Waals surface area contributed by atoms with Crippen LogP contribution in [-0.4, -0.2) is 31.1 Å². The van der Waals surface area contributed by atoms with E-state index in [1.165, 1.54) is 0 Å². The first kappa shape index (κ1) is 17.9. The molecule has 26 heavy (non-hydrogen) atoms. The molecule has 0 spiro atoms. The lowest BCUT2D eigenvalue weighted by molar-refractivity contribution is 0.0679. The van der Waals surface area contributed by atoms with Crippen LogP contribution < -0.4 is 15.8 Å². The van der Waals surface area contributed by atoms with Gasteiger partial charge in [-0.05, 0) is 54.8 Å². The summed E-state index contributed by atoms with van der Waals surface area (Å²) in [6.07, 6.45) is 2.27. The lowest BCUT2D eigenvalue weighted by Gasteiger charge is -2.12. The van der Waals surface area contributed by atoms with Crippen molar-refractivity contribution in [2.24, 2.45) is 5.73 Å². The molecule has 2 aromatic rings. The Morgan fingerprint density at radius 2 is 1.96 bits per heavy atom. The number of hydrogen-bond donors (Lipinski definition) is 2. The van der Waals surface area contributed by atoms with E-state index < -0.39 is 5.91 Å². The Labute approximate surface area is 152 Å². The summed E-state index contributed by atoms with van der Waals surface area (Å²) in [6, 6.07) is 13.9. The number of amides is 2. The molecule has 3 rings (SSSR count). The lowest BCUT2D eigenvalue weighted by atomic mass is 10.1. The van der Waals surface area contributed by atoms with Crippen LogP contribution in [0.3, 0.4) is 0 Å². The van der Waals surface area contributed by atoms with E-state index in [-0.39, 0.29) is 12.0 Å². The van der Waals surface area contributed by atoms with E-state index in [1.807, 2.05) is 6.07 Å². The van der Waals surface area contributed by atoms with Crippen LogP contribution in [0.25, 0.3) is 0 Å². The molecule has 2 amide bonds.